The maximum Gasteiger partial charge on any atom is 0.123 e. The minimum absolute atomic E-state index is 0.230. The predicted octanol–water partition coefficient (Wildman–Crippen LogP) is 2.28. The molecule has 3 rings (SSSR count). The molecule has 7 nitrogen and oxygen atoms in total. The molecule has 170 valence electrons. The number of benzene rings is 2. The van der Waals surface area contributed by atoms with E-state index in [-0.39, 0.29) is 6.61 Å². The molecule has 1 heterocycles. The standard InChI is InChI=1S/C24H34N2O5/c1-25(18-21(27)19-31-24-5-3-4-23(16-24)28-2)17-20-6-8-22(9-7-20)30-15-12-26-10-13-29-14-11-26/h3-9,16,21,27H,10-15,17-19H2,1-2H3. The second-order valence-corrected chi connectivity index (χ2v) is 7.79. The average molecular weight is 431 g/mol. The van der Waals surface area contributed by atoms with Crippen molar-refractivity contribution in [2.45, 2.75) is 12.6 Å². The lowest BCUT2D eigenvalue weighted by Crippen LogP contribution is -2.38. The van der Waals surface area contributed by atoms with Gasteiger partial charge in [0.05, 0.1) is 20.3 Å². The Balaban J connectivity index is 1.34. The largest absolute Gasteiger partial charge is 0.497 e. The van der Waals surface area contributed by atoms with Crippen LogP contribution in [0, 0.1) is 0 Å². The van der Waals surface area contributed by atoms with Crippen LogP contribution in [0.1, 0.15) is 5.56 Å². The quantitative estimate of drug-likeness (QED) is 0.554. The van der Waals surface area contributed by atoms with Gasteiger partial charge in [0.1, 0.15) is 36.6 Å². The number of hydrogen-bond donors (Lipinski definition) is 1. The fourth-order valence-corrected chi connectivity index (χ4v) is 3.48. The van der Waals surface area contributed by atoms with Crippen LogP contribution in [0.3, 0.4) is 0 Å². The highest BCUT2D eigenvalue weighted by molar-refractivity contribution is 5.32. The van der Waals surface area contributed by atoms with Crippen LogP contribution in [0.4, 0.5) is 0 Å². The van der Waals surface area contributed by atoms with Crippen molar-refractivity contribution in [1.29, 1.82) is 0 Å². The first kappa shape index (κ1) is 23.3. The lowest BCUT2D eigenvalue weighted by molar-refractivity contribution is 0.0322. The van der Waals surface area contributed by atoms with E-state index in [0.29, 0.717) is 18.9 Å². The van der Waals surface area contributed by atoms with Gasteiger partial charge in [0.25, 0.3) is 0 Å². The van der Waals surface area contributed by atoms with Crippen LogP contribution < -0.4 is 14.2 Å². The summed E-state index contributed by atoms with van der Waals surface area (Å²) in [5.74, 6) is 2.30. The van der Waals surface area contributed by atoms with Crippen molar-refractivity contribution in [1.82, 2.24) is 9.80 Å². The Morgan fingerprint density at radius 2 is 1.77 bits per heavy atom. The van der Waals surface area contributed by atoms with E-state index in [4.69, 9.17) is 18.9 Å². The Labute approximate surface area is 185 Å². The maximum atomic E-state index is 10.3. The second-order valence-electron chi connectivity index (χ2n) is 7.79. The van der Waals surface area contributed by atoms with Crippen LogP contribution in [0.5, 0.6) is 17.2 Å². The average Bonchev–Trinajstić information content (AvgIpc) is 2.79. The van der Waals surface area contributed by atoms with Crippen molar-refractivity contribution >= 4 is 0 Å². The Hall–Kier alpha value is -2.32. The van der Waals surface area contributed by atoms with Gasteiger partial charge in [0, 0.05) is 38.8 Å². The van der Waals surface area contributed by atoms with Crippen LogP contribution in [-0.2, 0) is 11.3 Å². The molecule has 0 amide bonds. The summed E-state index contributed by atoms with van der Waals surface area (Å²) >= 11 is 0. The van der Waals surface area contributed by atoms with Crippen molar-refractivity contribution in [2.24, 2.45) is 0 Å². The van der Waals surface area contributed by atoms with E-state index in [1.807, 2.05) is 37.4 Å². The fourth-order valence-electron chi connectivity index (χ4n) is 3.48. The zero-order chi connectivity index (χ0) is 21.9. The van der Waals surface area contributed by atoms with E-state index in [9.17, 15) is 5.11 Å². The van der Waals surface area contributed by atoms with Crippen molar-refractivity contribution in [3.8, 4) is 17.2 Å². The first-order valence-corrected chi connectivity index (χ1v) is 10.8. The van der Waals surface area contributed by atoms with E-state index < -0.39 is 6.10 Å². The van der Waals surface area contributed by atoms with Gasteiger partial charge in [0.2, 0.25) is 0 Å². The van der Waals surface area contributed by atoms with Gasteiger partial charge in [-0.3, -0.25) is 9.80 Å². The molecular formula is C24H34N2O5. The van der Waals surface area contributed by atoms with E-state index in [1.54, 1.807) is 13.2 Å². The topological polar surface area (TPSA) is 63.6 Å². The fraction of sp³-hybridized carbons (Fsp3) is 0.500. The van der Waals surface area contributed by atoms with E-state index in [2.05, 4.69) is 21.9 Å². The highest BCUT2D eigenvalue weighted by Gasteiger charge is 2.11. The molecule has 1 aliphatic heterocycles. The summed E-state index contributed by atoms with van der Waals surface area (Å²) in [7, 11) is 3.61. The molecule has 2 aromatic rings. The Morgan fingerprint density at radius 3 is 2.52 bits per heavy atom. The third kappa shape index (κ3) is 8.38. The van der Waals surface area contributed by atoms with Gasteiger partial charge < -0.3 is 24.1 Å². The van der Waals surface area contributed by atoms with Crippen LogP contribution in [0.15, 0.2) is 48.5 Å². The SMILES string of the molecule is COc1cccc(OCC(O)CN(C)Cc2ccc(OCCN3CCOCC3)cc2)c1. The van der Waals surface area contributed by atoms with Gasteiger partial charge >= 0.3 is 0 Å². The Kier molecular flexibility index (Phi) is 9.42. The monoisotopic (exact) mass is 430 g/mol. The molecule has 0 radical (unpaired) electrons. The molecule has 0 saturated carbocycles. The van der Waals surface area contributed by atoms with E-state index >= 15 is 0 Å². The van der Waals surface area contributed by atoms with Gasteiger partial charge in [0.15, 0.2) is 0 Å². The summed E-state index contributed by atoms with van der Waals surface area (Å²) in [4.78, 5) is 4.43. The number of ether oxygens (including phenoxy) is 4. The number of aliphatic hydroxyl groups is 1. The van der Waals surface area contributed by atoms with Crippen LogP contribution >= 0.6 is 0 Å². The van der Waals surface area contributed by atoms with Crippen molar-refractivity contribution in [2.75, 3.05) is 66.8 Å². The van der Waals surface area contributed by atoms with Gasteiger partial charge in [-0.25, -0.2) is 0 Å². The number of rotatable bonds is 12. The maximum absolute atomic E-state index is 10.3. The number of morpholine rings is 1. The van der Waals surface area contributed by atoms with Gasteiger partial charge in [-0.2, -0.15) is 0 Å². The lowest BCUT2D eigenvalue weighted by atomic mass is 10.2. The van der Waals surface area contributed by atoms with Gasteiger partial charge in [-0.05, 0) is 36.9 Å². The zero-order valence-corrected chi connectivity index (χ0v) is 18.5. The highest BCUT2D eigenvalue weighted by Crippen LogP contribution is 2.19. The van der Waals surface area contributed by atoms with Crippen molar-refractivity contribution < 1.29 is 24.1 Å². The molecule has 0 spiro atoms. The molecule has 7 heteroatoms. The Morgan fingerprint density at radius 1 is 1.03 bits per heavy atom. The van der Waals surface area contributed by atoms with Crippen molar-refractivity contribution in [3.05, 3.63) is 54.1 Å². The van der Waals surface area contributed by atoms with E-state index in [0.717, 1.165) is 50.9 Å². The third-order valence-electron chi connectivity index (χ3n) is 5.16. The number of aliphatic hydroxyl groups excluding tert-OH is 1. The number of methoxy groups -OCH3 is 1. The summed E-state index contributed by atoms with van der Waals surface area (Å²) in [6.45, 7) is 6.66. The van der Waals surface area contributed by atoms with Gasteiger partial charge in [-0.1, -0.05) is 18.2 Å². The molecule has 0 bridgehead atoms. The minimum atomic E-state index is -0.584. The number of hydrogen-bond acceptors (Lipinski definition) is 7. The van der Waals surface area contributed by atoms with Crippen molar-refractivity contribution in [3.63, 3.8) is 0 Å². The Bertz CT molecular complexity index is 765. The summed E-state index contributed by atoms with van der Waals surface area (Å²) in [5, 5.41) is 10.3. The lowest BCUT2D eigenvalue weighted by Gasteiger charge is -2.26. The number of likely N-dealkylation sites (N-methyl/N-ethyl adjacent to an activating group) is 1. The molecule has 1 aliphatic rings. The zero-order valence-electron chi connectivity index (χ0n) is 18.5. The van der Waals surface area contributed by atoms with Crippen LogP contribution in [0.2, 0.25) is 0 Å². The third-order valence-corrected chi connectivity index (χ3v) is 5.16. The van der Waals surface area contributed by atoms with Gasteiger partial charge in [-0.15, -0.1) is 0 Å². The summed E-state index contributed by atoms with van der Waals surface area (Å²) in [6.07, 6.45) is -0.584. The first-order valence-electron chi connectivity index (χ1n) is 10.8. The molecule has 2 aromatic carbocycles. The molecule has 1 fully saturated rings. The predicted molar refractivity (Wildman–Crippen MR) is 120 cm³/mol. The summed E-state index contributed by atoms with van der Waals surface area (Å²) < 4.78 is 22.1. The normalized spacial score (nSPS) is 15.6. The summed E-state index contributed by atoms with van der Waals surface area (Å²) in [6, 6.07) is 15.5. The number of nitrogens with zero attached hydrogens (tertiary/aromatic N) is 2. The molecule has 1 unspecified atom stereocenters. The highest BCUT2D eigenvalue weighted by atomic mass is 16.5. The summed E-state index contributed by atoms with van der Waals surface area (Å²) in [5.41, 5.74) is 1.17. The molecule has 1 saturated heterocycles. The molecule has 1 N–H and O–H groups in total. The van der Waals surface area contributed by atoms with Crippen LogP contribution in [-0.4, -0.2) is 87.8 Å². The molecule has 1 atom stereocenters. The molecule has 31 heavy (non-hydrogen) atoms. The molecular weight excluding hydrogens is 396 g/mol. The van der Waals surface area contributed by atoms with E-state index in [1.165, 1.54) is 5.56 Å². The van der Waals surface area contributed by atoms with Crippen LogP contribution in [0.25, 0.3) is 0 Å². The second kappa shape index (κ2) is 12.5. The molecule has 0 aromatic heterocycles. The minimum Gasteiger partial charge on any atom is -0.497 e. The first-order chi connectivity index (χ1) is 15.1. The smallest absolute Gasteiger partial charge is 0.123 e. The molecule has 0 aliphatic carbocycles.